The van der Waals surface area contributed by atoms with Crippen LogP contribution in [0.25, 0.3) is 0 Å². The predicted molar refractivity (Wildman–Crippen MR) is 138 cm³/mol. The lowest BCUT2D eigenvalue weighted by Gasteiger charge is -2.34. The Morgan fingerprint density at radius 3 is 2.05 bits per heavy atom. The molecule has 2 amide bonds. The lowest BCUT2D eigenvalue weighted by molar-refractivity contribution is -0.907. The van der Waals surface area contributed by atoms with E-state index in [0.29, 0.717) is 49.7 Å². The average Bonchev–Trinajstić information content (AvgIpc) is 2.88. The lowest BCUT2D eigenvalue weighted by atomic mass is 10.0. The van der Waals surface area contributed by atoms with Gasteiger partial charge in [-0.3, -0.25) is 9.59 Å². The molecule has 0 aliphatic heterocycles. The van der Waals surface area contributed by atoms with E-state index in [1.807, 2.05) is 7.05 Å². The fraction of sp³-hybridized carbons (Fsp3) is 0.462. The standard InChI is InChI=1S/C26H34F6N6O2/c1-38(13-10-33,14-11-34)12-2-3-19(35)24(39)37-21(15-16-4-6-17(7-5-16)26(30,31)32)25(40)36-20-9-8-18(27)22(28)23(20)29/h4-9,19,21H,2-3,10-15,33-35H2,1H3,(H-,36,37,39,40)/p+1/t19?,21-/m1/s1. The zero-order valence-corrected chi connectivity index (χ0v) is 22.0. The van der Waals surface area contributed by atoms with E-state index in [0.717, 1.165) is 30.3 Å². The molecule has 0 spiro atoms. The quantitative estimate of drug-likeness (QED) is 0.133. The number of carbonyl (C=O) groups excluding carboxylic acids is 2. The van der Waals surface area contributed by atoms with Crippen LogP contribution in [0, 0.1) is 17.5 Å². The third-order valence-electron chi connectivity index (χ3n) is 6.53. The number of amides is 2. The van der Waals surface area contributed by atoms with Gasteiger partial charge in [0, 0.05) is 19.5 Å². The summed E-state index contributed by atoms with van der Waals surface area (Å²) in [5.41, 5.74) is 16.0. The minimum Gasteiger partial charge on any atom is -0.343 e. The van der Waals surface area contributed by atoms with Gasteiger partial charge in [0.15, 0.2) is 17.5 Å². The van der Waals surface area contributed by atoms with Gasteiger partial charge >= 0.3 is 6.18 Å². The van der Waals surface area contributed by atoms with Crippen molar-refractivity contribution < 1.29 is 40.4 Å². The topological polar surface area (TPSA) is 136 Å². The number of halogens is 6. The van der Waals surface area contributed by atoms with Gasteiger partial charge in [0.2, 0.25) is 11.8 Å². The van der Waals surface area contributed by atoms with Gasteiger partial charge in [-0.15, -0.1) is 0 Å². The van der Waals surface area contributed by atoms with Crippen LogP contribution in [0.3, 0.4) is 0 Å². The number of alkyl halides is 3. The van der Waals surface area contributed by atoms with E-state index in [1.165, 1.54) is 0 Å². The molecular formula is C26H35F6N6O2+. The zero-order chi connectivity index (χ0) is 30.1. The van der Waals surface area contributed by atoms with Crippen molar-refractivity contribution in [2.45, 2.75) is 37.5 Å². The number of carbonyl (C=O) groups is 2. The Kier molecular flexibility index (Phi) is 11.9. The first kappa shape index (κ1) is 33.0. The summed E-state index contributed by atoms with van der Waals surface area (Å²) in [6, 6.07) is 2.80. The van der Waals surface area contributed by atoms with Crippen molar-refractivity contribution in [3.05, 3.63) is 65.0 Å². The molecule has 2 aromatic rings. The summed E-state index contributed by atoms with van der Waals surface area (Å²) in [4.78, 5) is 25.8. The van der Waals surface area contributed by atoms with Crippen molar-refractivity contribution in [2.75, 3.05) is 45.1 Å². The van der Waals surface area contributed by atoms with Crippen LogP contribution in [-0.4, -0.2) is 68.2 Å². The first-order chi connectivity index (χ1) is 18.7. The molecule has 222 valence electrons. The van der Waals surface area contributed by atoms with Crippen LogP contribution in [0.15, 0.2) is 36.4 Å². The molecule has 2 aromatic carbocycles. The van der Waals surface area contributed by atoms with E-state index in [9.17, 15) is 35.9 Å². The first-order valence-electron chi connectivity index (χ1n) is 12.6. The summed E-state index contributed by atoms with van der Waals surface area (Å²) in [6.45, 7) is 2.88. The zero-order valence-electron chi connectivity index (χ0n) is 22.0. The number of nitrogens with two attached hydrogens (primary N) is 3. The van der Waals surface area contributed by atoms with Crippen molar-refractivity contribution in [1.29, 1.82) is 0 Å². The molecule has 0 fully saturated rings. The van der Waals surface area contributed by atoms with Gasteiger partial charge in [-0.2, -0.15) is 13.2 Å². The van der Waals surface area contributed by atoms with E-state index < -0.39 is 58.8 Å². The number of rotatable bonds is 14. The van der Waals surface area contributed by atoms with E-state index >= 15 is 0 Å². The molecule has 8 N–H and O–H groups in total. The minimum atomic E-state index is -4.58. The van der Waals surface area contributed by atoms with Crippen LogP contribution in [0.1, 0.15) is 24.0 Å². The summed E-state index contributed by atoms with van der Waals surface area (Å²) in [6.07, 6.45) is -4.11. The van der Waals surface area contributed by atoms with Crippen molar-refractivity contribution in [3.63, 3.8) is 0 Å². The highest BCUT2D eigenvalue weighted by atomic mass is 19.4. The molecule has 0 heterocycles. The van der Waals surface area contributed by atoms with Crippen LogP contribution in [-0.2, 0) is 22.2 Å². The Balaban J connectivity index is 2.17. The van der Waals surface area contributed by atoms with E-state index in [4.69, 9.17) is 17.2 Å². The van der Waals surface area contributed by atoms with Crippen molar-refractivity contribution in [2.24, 2.45) is 17.2 Å². The molecule has 0 bridgehead atoms. The van der Waals surface area contributed by atoms with Crippen molar-refractivity contribution in [1.82, 2.24) is 5.32 Å². The van der Waals surface area contributed by atoms with Crippen molar-refractivity contribution >= 4 is 17.5 Å². The van der Waals surface area contributed by atoms with Gasteiger partial charge in [-0.25, -0.2) is 13.2 Å². The summed E-state index contributed by atoms with van der Waals surface area (Å²) in [5.74, 6) is -6.67. The molecule has 0 radical (unpaired) electrons. The van der Waals surface area contributed by atoms with E-state index in [2.05, 4.69) is 10.6 Å². The summed E-state index contributed by atoms with van der Waals surface area (Å²) in [5, 5.41) is 4.53. The van der Waals surface area contributed by atoms with Crippen LogP contribution in [0.4, 0.5) is 32.0 Å². The van der Waals surface area contributed by atoms with Gasteiger partial charge in [0.1, 0.15) is 6.04 Å². The Morgan fingerprint density at radius 1 is 0.900 bits per heavy atom. The largest absolute Gasteiger partial charge is 0.416 e. The summed E-state index contributed by atoms with van der Waals surface area (Å²) < 4.78 is 80.5. The maximum absolute atomic E-state index is 14.1. The van der Waals surface area contributed by atoms with Gasteiger partial charge in [-0.05, 0) is 42.7 Å². The van der Waals surface area contributed by atoms with E-state index in [1.54, 1.807) is 0 Å². The molecule has 2 atom stereocenters. The molecule has 0 aliphatic carbocycles. The molecule has 40 heavy (non-hydrogen) atoms. The average molecular weight is 578 g/mol. The second-order valence-electron chi connectivity index (χ2n) is 9.79. The number of hydrogen-bond donors (Lipinski definition) is 5. The molecular weight excluding hydrogens is 542 g/mol. The molecule has 0 aromatic heterocycles. The Labute approximate surface area is 228 Å². The molecule has 0 saturated heterocycles. The normalized spacial score (nSPS) is 13.6. The van der Waals surface area contributed by atoms with Crippen LogP contribution >= 0.6 is 0 Å². The molecule has 0 saturated carbocycles. The van der Waals surface area contributed by atoms with Crippen LogP contribution < -0.4 is 27.8 Å². The van der Waals surface area contributed by atoms with Gasteiger partial charge < -0.3 is 32.3 Å². The summed E-state index contributed by atoms with van der Waals surface area (Å²) >= 11 is 0. The van der Waals surface area contributed by atoms with Gasteiger partial charge in [-0.1, -0.05) is 12.1 Å². The monoisotopic (exact) mass is 577 g/mol. The summed E-state index contributed by atoms with van der Waals surface area (Å²) in [7, 11) is 1.98. The highest BCUT2D eigenvalue weighted by molar-refractivity contribution is 5.98. The predicted octanol–water partition coefficient (Wildman–Crippen LogP) is 2.26. The van der Waals surface area contributed by atoms with Gasteiger partial charge in [0.25, 0.3) is 0 Å². The number of hydrogen-bond acceptors (Lipinski definition) is 5. The Bertz CT molecular complexity index is 1140. The van der Waals surface area contributed by atoms with Crippen LogP contribution in [0.5, 0.6) is 0 Å². The number of quaternary nitrogens is 1. The third kappa shape index (κ3) is 9.47. The second-order valence-corrected chi connectivity index (χ2v) is 9.79. The molecule has 1 unspecified atom stereocenters. The molecule has 14 heteroatoms. The van der Waals surface area contributed by atoms with E-state index in [-0.39, 0.29) is 18.4 Å². The fourth-order valence-corrected chi connectivity index (χ4v) is 4.18. The molecule has 8 nitrogen and oxygen atoms in total. The Morgan fingerprint density at radius 2 is 1.50 bits per heavy atom. The maximum atomic E-state index is 14.1. The smallest absolute Gasteiger partial charge is 0.343 e. The van der Waals surface area contributed by atoms with Crippen molar-refractivity contribution in [3.8, 4) is 0 Å². The SMILES string of the molecule is C[N+](CCN)(CCN)CCCC(N)C(=O)N[C@H](Cc1ccc(C(F)(F)F)cc1)C(=O)Nc1ccc(F)c(F)c1F. The first-order valence-corrected chi connectivity index (χ1v) is 12.6. The fourth-order valence-electron chi connectivity index (χ4n) is 4.18. The number of nitrogens with one attached hydrogen (secondary N) is 2. The highest BCUT2D eigenvalue weighted by Crippen LogP contribution is 2.29. The Hall–Kier alpha value is -3.20. The highest BCUT2D eigenvalue weighted by Gasteiger charge is 2.31. The number of benzene rings is 2. The number of anilines is 1. The van der Waals surface area contributed by atoms with Gasteiger partial charge in [0.05, 0.1) is 44.0 Å². The molecule has 0 aliphatic rings. The number of likely N-dealkylation sites (N-methyl/N-ethyl adjacent to an activating group) is 1. The number of nitrogens with zero attached hydrogens (tertiary/aromatic N) is 1. The minimum absolute atomic E-state index is 0.237. The maximum Gasteiger partial charge on any atom is 0.416 e. The molecule has 2 rings (SSSR count). The third-order valence-corrected chi connectivity index (χ3v) is 6.53. The second kappa shape index (κ2) is 14.4. The van der Waals surface area contributed by atoms with Crippen LogP contribution in [0.2, 0.25) is 0 Å². The lowest BCUT2D eigenvalue weighted by Crippen LogP contribution is -2.52.